The molecule has 0 bridgehead atoms. The molecule has 17 heavy (non-hydrogen) atoms. The zero-order valence-corrected chi connectivity index (χ0v) is 10.6. The number of morpholine rings is 1. The number of anilines is 2. The van der Waals surface area contributed by atoms with E-state index in [2.05, 4.69) is 41.2 Å². The quantitative estimate of drug-likeness (QED) is 0.867. The molecular weight excluding hydrogens is 214 g/mol. The molecule has 1 aromatic heterocycles. The van der Waals surface area contributed by atoms with E-state index in [9.17, 15) is 0 Å². The van der Waals surface area contributed by atoms with Crippen LogP contribution in [0.5, 0.6) is 0 Å². The van der Waals surface area contributed by atoms with Crippen molar-refractivity contribution in [3.05, 3.63) is 18.3 Å². The van der Waals surface area contributed by atoms with E-state index in [0.717, 1.165) is 38.5 Å². The van der Waals surface area contributed by atoms with E-state index in [4.69, 9.17) is 4.74 Å². The predicted molar refractivity (Wildman–Crippen MR) is 70.6 cm³/mol. The monoisotopic (exact) mass is 235 g/mol. The summed E-state index contributed by atoms with van der Waals surface area (Å²) >= 11 is 0. The van der Waals surface area contributed by atoms with Crippen molar-refractivity contribution in [1.29, 1.82) is 0 Å². The lowest BCUT2D eigenvalue weighted by atomic mass is 10.2. The average Bonchev–Trinajstić information content (AvgIpc) is 2.37. The average molecular weight is 235 g/mol. The van der Waals surface area contributed by atoms with Crippen LogP contribution in [-0.4, -0.2) is 37.3 Å². The van der Waals surface area contributed by atoms with Gasteiger partial charge in [0.1, 0.15) is 5.82 Å². The molecule has 1 N–H and O–H groups in total. The number of nitrogens with zero attached hydrogens (tertiary/aromatic N) is 2. The van der Waals surface area contributed by atoms with E-state index in [0.29, 0.717) is 6.04 Å². The highest BCUT2D eigenvalue weighted by Gasteiger charge is 2.19. The van der Waals surface area contributed by atoms with Gasteiger partial charge >= 0.3 is 0 Å². The fourth-order valence-corrected chi connectivity index (χ4v) is 2.06. The van der Waals surface area contributed by atoms with Gasteiger partial charge in [0, 0.05) is 37.1 Å². The Morgan fingerprint density at radius 3 is 3.24 bits per heavy atom. The van der Waals surface area contributed by atoms with Crippen molar-refractivity contribution in [1.82, 2.24) is 4.98 Å². The van der Waals surface area contributed by atoms with Crippen molar-refractivity contribution < 1.29 is 4.74 Å². The van der Waals surface area contributed by atoms with Gasteiger partial charge in [0.25, 0.3) is 0 Å². The summed E-state index contributed by atoms with van der Waals surface area (Å²) in [5.74, 6) is 0.961. The highest BCUT2D eigenvalue weighted by Crippen LogP contribution is 2.21. The number of hydrogen-bond acceptors (Lipinski definition) is 4. The third-order valence-corrected chi connectivity index (χ3v) is 3.00. The number of pyridine rings is 1. The molecule has 2 heterocycles. The Hall–Kier alpha value is -1.29. The van der Waals surface area contributed by atoms with E-state index in [1.807, 2.05) is 6.20 Å². The van der Waals surface area contributed by atoms with Crippen molar-refractivity contribution in [3.8, 4) is 0 Å². The van der Waals surface area contributed by atoms with Crippen LogP contribution in [0, 0.1) is 0 Å². The topological polar surface area (TPSA) is 37.4 Å². The van der Waals surface area contributed by atoms with Crippen molar-refractivity contribution in [2.75, 3.05) is 36.5 Å². The van der Waals surface area contributed by atoms with Crippen LogP contribution in [0.2, 0.25) is 0 Å². The summed E-state index contributed by atoms with van der Waals surface area (Å²) in [6, 6.07) is 4.63. The van der Waals surface area contributed by atoms with E-state index in [1.165, 1.54) is 5.69 Å². The molecule has 1 fully saturated rings. The van der Waals surface area contributed by atoms with Gasteiger partial charge in [-0.15, -0.1) is 0 Å². The third kappa shape index (κ3) is 3.09. The first kappa shape index (κ1) is 12.2. The van der Waals surface area contributed by atoms with Gasteiger partial charge < -0.3 is 15.0 Å². The molecule has 0 amide bonds. The van der Waals surface area contributed by atoms with Gasteiger partial charge in [-0.25, -0.2) is 4.98 Å². The minimum absolute atomic E-state index is 0.435. The molecule has 0 radical (unpaired) electrons. The summed E-state index contributed by atoms with van der Waals surface area (Å²) in [5.41, 5.74) is 1.23. The minimum Gasteiger partial charge on any atom is -0.377 e. The van der Waals surface area contributed by atoms with Crippen LogP contribution in [0.3, 0.4) is 0 Å². The third-order valence-electron chi connectivity index (χ3n) is 3.00. The van der Waals surface area contributed by atoms with Crippen LogP contribution >= 0.6 is 0 Å². The molecule has 1 aromatic rings. The molecule has 1 saturated heterocycles. The van der Waals surface area contributed by atoms with Crippen LogP contribution in [0.4, 0.5) is 11.5 Å². The Kier molecular flexibility index (Phi) is 4.20. The molecule has 1 atom stereocenters. The lowest BCUT2D eigenvalue weighted by molar-refractivity contribution is 0.0989. The highest BCUT2D eigenvalue weighted by molar-refractivity contribution is 5.54. The van der Waals surface area contributed by atoms with Crippen LogP contribution in [0.25, 0.3) is 0 Å². The Labute approximate surface area is 103 Å². The van der Waals surface area contributed by atoms with Gasteiger partial charge in [-0.1, -0.05) is 6.92 Å². The van der Waals surface area contributed by atoms with E-state index in [-0.39, 0.29) is 0 Å². The number of ether oxygens (including phenoxy) is 1. The summed E-state index contributed by atoms with van der Waals surface area (Å²) in [7, 11) is 0. The number of hydrogen-bond donors (Lipinski definition) is 1. The second-order valence-corrected chi connectivity index (χ2v) is 4.44. The van der Waals surface area contributed by atoms with Crippen molar-refractivity contribution in [2.45, 2.75) is 26.3 Å². The fraction of sp³-hybridized carbons (Fsp3) is 0.615. The Balaban J connectivity index is 2.08. The summed E-state index contributed by atoms with van der Waals surface area (Å²) in [4.78, 5) is 6.71. The Bertz CT molecular complexity index is 356. The predicted octanol–water partition coefficient (Wildman–Crippen LogP) is 2.13. The zero-order valence-electron chi connectivity index (χ0n) is 10.6. The summed E-state index contributed by atoms with van der Waals surface area (Å²) in [5, 5.41) is 3.32. The van der Waals surface area contributed by atoms with Crippen molar-refractivity contribution in [3.63, 3.8) is 0 Å². The largest absolute Gasteiger partial charge is 0.377 e. The van der Waals surface area contributed by atoms with Crippen LogP contribution in [-0.2, 0) is 4.74 Å². The van der Waals surface area contributed by atoms with Crippen LogP contribution in [0.15, 0.2) is 18.3 Å². The smallest absolute Gasteiger partial charge is 0.127 e. The van der Waals surface area contributed by atoms with E-state index in [1.54, 1.807) is 0 Å². The van der Waals surface area contributed by atoms with E-state index >= 15 is 0 Å². The Morgan fingerprint density at radius 2 is 2.47 bits per heavy atom. The molecule has 4 heteroatoms. The number of nitrogens with one attached hydrogen (secondary N) is 1. The Morgan fingerprint density at radius 1 is 1.59 bits per heavy atom. The van der Waals surface area contributed by atoms with E-state index < -0.39 is 0 Å². The highest BCUT2D eigenvalue weighted by atomic mass is 16.5. The standard InChI is InChI=1S/C13H21N3O/c1-3-5-14-13-9-12(4-6-15-13)16-7-8-17-10-11(16)2/h4,6,9,11H,3,5,7-8,10H2,1-2H3,(H,14,15). The molecule has 0 aliphatic carbocycles. The maximum Gasteiger partial charge on any atom is 0.127 e. The second kappa shape index (κ2) is 5.87. The van der Waals surface area contributed by atoms with Gasteiger partial charge in [0.2, 0.25) is 0 Å². The molecular formula is C13H21N3O. The van der Waals surface area contributed by atoms with Gasteiger partial charge in [0.15, 0.2) is 0 Å². The maximum atomic E-state index is 5.46. The second-order valence-electron chi connectivity index (χ2n) is 4.44. The first-order valence-corrected chi connectivity index (χ1v) is 6.35. The molecule has 1 unspecified atom stereocenters. The lowest BCUT2D eigenvalue weighted by Crippen LogP contribution is -2.43. The molecule has 1 aliphatic heterocycles. The molecule has 94 valence electrons. The van der Waals surface area contributed by atoms with Gasteiger partial charge in [-0.2, -0.15) is 0 Å². The molecule has 1 aliphatic rings. The first-order chi connectivity index (χ1) is 8.31. The number of rotatable bonds is 4. The summed E-state index contributed by atoms with van der Waals surface area (Å²) < 4.78 is 5.46. The fourth-order valence-electron chi connectivity index (χ4n) is 2.06. The van der Waals surface area contributed by atoms with Crippen molar-refractivity contribution in [2.24, 2.45) is 0 Å². The normalized spacial score (nSPS) is 20.4. The molecule has 2 rings (SSSR count). The van der Waals surface area contributed by atoms with Crippen molar-refractivity contribution >= 4 is 11.5 Å². The number of aromatic nitrogens is 1. The summed E-state index contributed by atoms with van der Waals surface area (Å²) in [6.45, 7) is 7.89. The molecule has 0 aromatic carbocycles. The zero-order chi connectivity index (χ0) is 12.1. The molecule has 0 spiro atoms. The van der Waals surface area contributed by atoms with Gasteiger partial charge in [0.05, 0.1) is 13.2 Å². The van der Waals surface area contributed by atoms with Gasteiger partial charge in [-0.05, 0) is 19.4 Å². The lowest BCUT2D eigenvalue weighted by Gasteiger charge is -2.35. The van der Waals surface area contributed by atoms with Crippen LogP contribution < -0.4 is 10.2 Å². The molecule has 0 saturated carbocycles. The maximum absolute atomic E-state index is 5.46. The SMILES string of the molecule is CCCNc1cc(N2CCOCC2C)ccn1. The minimum atomic E-state index is 0.435. The first-order valence-electron chi connectivity index (χ1n) is 6.35. The summed E-state index contributed by atoms with van der Waals surface area (Å²) in [6.07, 6.45) is 2.98. The van der Waals surface area contributed by atoms with Gasteiger partial charge in [-0.3, -0.25) is 0 Å². The molecule has 4 nitrogen and oxygen atoms in total. The van der Waals surface area contributed by atoms with Crippen LogP contribution in [0.1, 0.15) is 20.3 Å².